The molecule has 0 bridgehead atoms. The van der Waals surface area contributed by atoms with Gasteiger partial charge in [0.25, 0.3) is 0 Å². The molecular formula is C27H50N6O8. The molecule has 14 heteroatoms. The van der Waals surface area contributed by atoms with Crippen molar-refractivity contribution >= 4 is 29.7 Å². The smallest absolute Gasteiger partial charge is 0.317 e. The number of carboxylic acids is 3. The fourth-order valence-electron chi connectivity index (χ4n) is 4.55. The van der Waals surface area contributed by atoms with Crippen LogP contribution in [0.3, 0.4) is 0 Å². The van der Waals surface area contributed by atoms with Gasteiger partial charge in [-0.25, -0.2) is 0 Å². The lowest BCUT2D eigenvalue weighted by atomic mass is 10.2. The number of nitrogens with one attached hydrogen (secondary N) is 2. The fraction of sp³-hybridized carbons (Fsp3) is 0.815. The van der Waals surface area contributed by atoms with Gasteiger partial charge in [0.15, 0.2) is 0 Å². The highest BCUT2D eigenvalue weighted by Crippen LogP contribution is 2.03. The topological polar surface area (TPSA) is 183 Å². The number of unbranched alkanes of at least 4 members (excludes halogenated alkanes) is 4. The number of hydrogen-bond donors (Lipinski definition) is 5. The van der Waals surface area contributed by atoms with E-state index in [4.69, 9.17) is 0 Å². The van der Waals surface area contributed by atoms with Crippen LogP contribution in [-0.2, 0) is 24.0 Å². The molecule has 1 fully saturated rings. The molecule has 5 N–H and O–H groups in total. The Morgan fingerprint density at radius 3 is 1.27 bits per heavy atom. The SMILES string of the molecule is CCCCCNC(=O)CCCCCNC(=O)CN1CCN(CC(=O)O)CCN(CC(=O)O)CCN(CC(=O)O)CC1. The Labute approximate surface area is 243 Å². The highest BCUT2D eigenvalue weighted by molar-refractivity contribution is 5.78. The molecule has 0 aromatic heterocycles. The van der Waals surface area contributed by atoms with Gasteiger partial charge in [-0.05, 0) is 19.3 Å². The standard InChI is InChI=1S/C27H50N6O8/c1-2-3-6-9-28-23(34)8-5-4-7-10-29-24(35)19-30-11-13-31(20-25(36)37)15-17-33(22-27(40)41)18-16-32(14-12-30)21-26(38)39/h2-22H2,1H3,(H,28,34)(H,29,35)(H,36,37)(H,38,39)(H,40,41). The second-order valence-electron chi connectivity index (χ2n) is 10.5. The summed E-state index contributed by atoms with van der Waals surface area (Å²) in [6.07, 6.45) is 6.00. The predicted molar refractivity (Wildman–Crippen MR) is 153 cm³/mol. The van der Waals surface area contributed by atoms with Gasteiger partial charge >= 0.3 is 17.9 Å². The summed E-state index contributed by atoms with van der Waals surface area (Å²) >= 11 is 0. The van der Waals surface area contributed by atoms with E-state index in [9.17, 15) is 39.3 Å². The normalized spacial score (nSPS) is 16.8. The van der Waals surface area contributed by atoms with Crippen LogP contribution in [0.2, 0.25) is 0 Å². The molecule has 236 valence electrons. The number of carboxylic acid groups (broad SMARTS) is 3. The van der Waals surface area contributed by atoms with Crippen LogP contribution in [-0.4, -0.2) is 156 Å². The molecule has 0 saturated carbocycles. The molecule has 0 radical (unpaired) electrons. The molecule has 0 aromatic carbocycles. The van der Waals surface area contributed by atoms with E-state index in [0.29, 0.717) is 71.9 Å². The minimum Gasteiger partial charge on any atom is -0.480 e. The van der Waals surface area contributed by atoms with Gasteiger partial charge in [-0.3, -0.25) is 43.6 Å². The average Bonchev–Trinajstić information content (AvgIpc) is 2.89. The first-order valence-corrected chi connectivity index (χ1v) is 14.7. The van der Waals surface area contributed by atoms with Crippen molar-refractivity contribution in [2.45, 2.75) is 51.9 Å². The van der Waals surface area contributed by atoms with Crippen molar-refractivity contribution in [3.8, 4) is 0 Å². The zero-order valence-corrected chi connectivity index (χ0v) is 24.5. The molecule has 0 unspecified atom stereocenters. The van der Waals surface area contributed by atoms with Crippen LogP contribution in [0.4, 0.5) is 0 Å². The van der Waals surface area contributed by atoms with E-state index < -0.39 is 17.9 Å². The van der Waals surface area contributed by atoms with Gasteiger partial charge in [-0.2, -0.15) is 0 Å². The van der Waals surface area contributed by atoms with Crippen LogP contribution in [0.1, 0.15) is 51.9 Å². The van der Waals surface area contributed by atoms with Crippen molar-refractivity contribution in [3.63, 3.8) is 0 Å². The van der Waals surface area contributed by atoms with Gasteiger partial charge < -0.3 is 26.0 Å². The summed E-state index contributed by atoms with van der Waals surface area (Å²) in [5.41, 5.74) is 0. The molecule has 14 nitrogen and oxygen atoms in total. The molecule has 1 aliphatic rings. The van der Waals surface area contributed by atoms with Gasteiger partial charge in [0, 0.05) is 71.9 Å². The van der Waals surface area contributed by atoms with Crippen molar-refractivity contribution in [1.82, 2.24) is 30.2 Å². The van der Waals surface area contributed by atoms with E-state index >= 15 is 0 Å². The zero-order valence-electron chi connectivity index (χ0n) is 24.5. The fourth-order valence-corrected chi connectivity index (χ4v) is 4.55. The molecule has 1 heterocycles. The molecule has 41 heavy (non-hydrogen) atoms. The van der Waals surface area contributed by atoms with Crippen molar-refractivity contribution < 1.29 is 39.3 Å². The molecule has 1 aliphatic heterocycles. The lowest BCUT2D eigenvalue weighted by molar-refractivity contribution is -0.140. The van der Waals surface area contributed by atoms with E-state index in [1.165, 1.54) is 0 Å². The molecular weight excluding hydrogens is 536 g/mol. The Morgan fingerprint density at radius 1 is 0.512 bits per heavy atom. The number of carbonyl (C=O) groups excluding carboxylic acids is 2. The maximum atomic E-state index is 12.7. The van der Waals surface area contributed by atoms with Gasteiger partial charge in [-0.1, -0.05) is 26.2 Å². The lowest BCUT2D eigenvalue weighted by Crippen LogP contribution is -2.49. The summed E-state index contributed by atoms with van der Waals surface area (Å²) in [5.74, 6) is -3.11. The summed E-state index contributed by atoms with van der Waals surface area (Å²) in [6, 6.07) is 0. The highest BCUT2D eigenvalue weighted by Gasteiger charge is 2.21. The van der Waals surface area contributed by atoms with Gasteiger partial charge in [-0.15, -0.1) is 0 Å². The molecule has 0 aromatic rings. The van der Waals surface area contributed by atoms with Crippen molar-refractivity contribution in [2.24, 2.45) is 0 Å². The summed E-state index contributed by atoms with van der Waals surface area (Å²) in [6.45, 7) is 5.59. The van der Waals surface area contributed by atoms with Crippen LogP contribution < -0.4 is 10.6 Å². The third-order valence-electron chi connectivity index (χ3n) is 6.88. The van der Waals surface area contributed by atoms with E-state index in [0.717, 1.165) is 38.5 Å². The van der Waals surface area contributed by atoms with Gasteiger partial charge in [0.2, 0.25) is 11.8 Å². The average molecular weight is 587 g/mol. The molecule has 0 aliphatic carbocycles. The number of rotatable bonds is 18. The van der Waals surface area contributed by atoms with Crippen LogP contribution in [0.5, 0.6) is 0 Å². The minimum atomic E-state index is -1.01. The molecule has 1 rings (SSSR count). The monoisotopic (exact) mass is 586 g/mol. The Hall–Kier alpha value is -2.81. The number of hydrogen-bond acceptors (Lipinski definition) is 9. The van der Waals surface area contributed by atoms with Crippen molar-refractivity contribution in [1.29, 1.82) is 0 Å². The van der Waals surface area contributed by atoms with Crippen LogP contribution >= 0.6 is 0 Å². The largest absolute Gasteiger partial charge is 0.480 e. The molecule has 1 saturated heterocycles. The third-order valence-corrected chi connectivity index (χ3v) is 6.88. The summed E-state index contributed by atoms with van der Waals surface area (Å²) < 4.78 is 0. The third kappa shape index (κ3) is 19.8. The number of aliphatic carboxylic acids is 3. The quantitative estimate of drug-likeness (QED) is 0.129. The summed E-state index contributed by atoms with van der Waals surface area (Å²) in [5, 5.41) is 33.7. The Morgan fingerprint density at radius 2 is 0.878 bits per heavy atom. The zero-order chi connectivity index (χ0) is 30.5. The van der Waals surface area contributed by atoms with E-state index in [2.05, 4.69) is 17.6 Å². The van der Waals surface area contributed by atoms with Gasteiger partial charge in [0.05, 0.1) is 26.2 Å². The van der Waals surface area contributed by atoms with Gasteiger partial charge in [0.1, 0.15) is 0 Å². The maximum absolute atomic E-state index is 12.7. The predicted octanol–water partition coefficient (Wildman–Crippen LogP) is -0.555. The Kier molecular flexibility index (Phi) is 19.3. The van der Waals surface area contributed by atoms with Crippen molar-refractivity contribution in [3.05, 3.63) is 0 Å². The summed E-state index contributed by atoms with van der Waals surface area (Å²) in [4.78, 5) is 65.6. The van der Waals surface area contributed by atoms with Crippen LogP contribution in [0.15, 0.2) is 0 Å². The minimum absolute atomic E-state index is 0.0592. The van der Waals surface area contributed by atoms with Crippen molar-refractivity contribution in [2.75, 3.05) is 91.6 Å². The van der Waals surface area contributed by atoms with Crippen LogP contribution in [0.25, 0.3) is 0 Å². The molecule has 0 atom stereocenters. The first-order valence-electron chi connectivity index (χ1n) is 14.7. The first kappa shape index (κ1) is 36.2. The summed E-state index contributed by atoms with van der Waals surface area (Å²) in [7, 11) is 0. The Bertz CT molecular complexity index is 783. The number of carbonyl (C=O) groups is 5. The van der Waals surface area contributed by atoms with E-state index in [1.807, 2.05) is 4.90 Å². The lowest BCUT2D eigenvalue weighted by Gasteiger charge is -2.32. The van der Waals surface area contributed by atoms with Crippen LogP contribution in [0, 0.1) is 0 Å². The Balaban J connectivity index is 2.60. The second kappa shape index (κ2) is 21.9. The number of nitrogens with zero attached hydrogens (tertiary/aromatic N) is 4. The first-order chi connectivity index (χ1) is 19.6. The highest BCUT2D eigenvalue weighted by atomic mass is 16.4. The molecule has 0 spiro atoms. The number of amides is 2. The second-order valence-corrected chi connectivity index (χ2v) is 10.5. The maximum Gasteiger partial charge on any atom is 0.317 e. The van der Waals surface area contributed by atoms with E-state index in [-0.39, 0.29) is 38.0 Å². The molecule has 2 amide bonds. The van der Waals surface area contributed by atoms with E-state index in [1.54, 1.807) is 14.7 Å².